The zero-order valence-corrected chi connectivity index (χ0v) is 12.7. The first kappa shape index (κ1) is 15.7. The van der Waals surface area contributed by atoms with E-state index in [9.17, 15) is 4.79 Å². The van der Waals surface area contributed by atoms with E-state index < -0.39 is 0 Å². The monoisotopic (exact) mass is 266 g/mol. The number of nitrogens with one attached hydrogen (secondary N) is 2. The Labute approximate surface area is 115 Å². The van der Waals surface area contributed by atoms with Crippen molar-refractivity contribution in [3.63, 3.8) is 0 Å². The van der Waals surface area contributed by atoms with E-state index in [0.717, 1.165) is 12.1 Å². The van der Waals surface area contributed by atoms with E-state index in [4.69, 9.17) is 0 Å². The van der Waals surface area contributed by atoms with Gasteiger partial charge in [-0.2, -0.15) is 5.10 Å². The van der Waals surface area contributed by atoms with E-state index in [1.807, 2.05) is 31.8 Å². The Bertz CT molecular complexity index is 414. The van der Waals surface area contributed by atoms with Gasteiger partial charge in [-0.05, 0) is 27.2 Å². The summed E-state index contributed by atoms with van der Waals surface area (Å²) in [6.07, 6.45) is 3.49. The van der Waals surface area contributed by atoms with Crippen molar-refractivity contribution in [2.45, 2.75) is 52.6 Å². The summed E-state index contributed by atoms with van der Waals surface area (Å²) in [5.41, 5.74) is 2.22. The SMILES string of the molecule is CCC(C)NC(=O)CCNC(C)c1cn(C)nc1C. The highest BCUT2D eigenvalue weighted by atomic mass is 16.1. The molecule has 0 spiro atoms. The van der Waals surface area contributed by atoms with Gasteiger partial charge in [0.2, 0.25) is 5.91 Å². The highest BCUT2D eigenvalue weighted by Crippen LogP contribution is 2.15. The molecule has 1 amide bonds. The third kappa shape index (κ3) is 5.03. The van der Waals surface area contributed by atoms with Crippen LogP contribution in [0.4, 0.5) is 0 Å². The molecule has 0 saturated carbocycles. The Morgan fingerprint density at radius 1 is 1.47 bits per heavy atom. The van der Waals surface area contributed by atoms with E-state index in [2.05, 4.69) is 29.6 Å². The van der Waals surface area contributed by atoms with Gasteiger partial charge in [-0.3, -0.25) is 9.48 Å². The van der Waals surface area contributed by atoms with Crippen LogP contribution in [0.25, 0.3) is 0 Å². The van der Waals surface area contributed by atoms with Gasteiger partial charge in [0.25, 0.3) is 0 Å². The van der Waals surface area contributed by atoms with Gasteiger partial charge in [-0.1, -0.05) is 6.92 Å². The second kappa shape index (κ2) is 7.28. The first-order chi connectivity index (χ1) is 8.93. The number of carbonyl (C=O) groups excluding carboxylic acids is 1. The summed E-state index contributed by atoms with van der Waals surface area (Å²) in [4.78, 5) is 11.6. The largest absolute Gasteiger partial charge is 0.354 e. The molecule has 5 heteroatoms. The van der Waals surface area contributed by atoms with Crippen LogP contribution in [-0.2, 0) is 11.8 Å². The highest BCUT2D eigenvalue weighted by molar-refractivity contribution is 5.76. The van der Waals surface area contributed by atoms with Gasteiger partial charge in [-0.25, -0.2) is 0 Å². The lowest BCUT2D eigenvalue weighted by Gasteiger charge is -2.14. The molecule has 0 bridgehead atoms. The van der Waals surface area contributed by atoms with Crippen LogP contribution in [0.3, 0.4) is 0 Å². The number of carbonyl (C=O) groups is 1. The zero-order chi connectivity index (χ0) is 14.4. The Kier molecular flexibility index (Phi) is 6.02. The number of aromatic nitrogens is 2. The fourth-order valence-corrected chi connectivity index (χ4v) is 2.00. The lowest BCUT2D eigenvalue weighted by atomic mass is 10.1. The van der Waals surface area contributed by atoms with Crippen molar-refractivity contribution in [2.75, 3.05) is 6.54 Å². The van der Waals surface area contributed by atoms with Gasteiger partial charge >= 0.3 is 0 Å². The van der Waals surface area contributed by atoms with E-state index in [1.165, 1.54) is 5.56 Å². The van der Waals surface area contributed by atoms with E-state index in [-0.39, 0.29) is 18.0 Å². The van der Waals surface area contributed by atoms with Crippen LogP contribution >= 0.6 is 0 Å². The van der Waals surface area contributed by atoms with Crippen LogP contribution in [0.1, 0.15) is 50.9 Å². The first-order valence-corrected chi connectivity index (χ1v) is 6.97. The smallest absolute Gasteiger partial charge is 0.221 e. The molecule has 2 unspecified atom stereocenters. The number of amides is 1. The summed E-state index contributed by atoms with van der Waals surface area (Å²) >= 11 is 0. The Morgan fingerprint density at radius 2 is 2.16 bits per heavy atom. The number of rotatable bonds is 7. The van der Waals surface area contributed by atoms with E-state index >= 15 is 0 Å². The van der Waals surface area contributed by atoms with Gasteiger partial charge < -0.3 is 10.6 Å². The minimum atomic E-state index is 0.108. The van der Waals surface area contributed by atoms with Crippen LogP contribution in [-0.4, -0.2) is 28.3 Å². The molecule has 108 valence electrons. The van der Waals surface area contributed by atoms with Crippen LogP contribution < -0.4 is 10.6 Å². The van der Waals surface area contributed by atoms with Crippen molar-refractivity contribution in [1.29, 1.82) is 0 Å². The topological polar surface area (TPSA) is 59.0 Å². The number of aryl methyl sites for hydroxylation is 2. The molecular formula is C14H26N4O. The molecule has 5 nitrogen and oxygen atoms in total. The number of hydrogen-bond donors (Lipinski definition) is 2. The minimum Gasteiger partial charge on any atom is -0.354 e. The van der Waals surface area contributed by atoms with Crippen molar-refractivity contribution in [3.8, 4) is 0 Å². The molecule has 1 rings (SSSR count). The lowest BCUT2D eigenvalue weighted by molar-refractivity contribution is -0.121. The summed E-state index contributed by atoms with van der Waals surface area (Å²) in [5, 5.41) is 10.6. The van der Waals surface area contributed by atoms with Gasteiger partial charge in [0.05, 0.1) is 5.69 Å². The fourth-order valence-electron chi connectivity index (χ4n) is 2.00. The molecule has 0 saturated heterocycles. The number of nitrogens with zero attached hydrogens (tertiary/aromatic N) is 2. The maximum atomic E-state index is 11.6. The predicted octanol–water partition coefficient (Wildman–Crippen LogP) is 1.68. The molecule has 0 aliphatic carbocycles. The molecule has 1 aromatic heterocycles. The summed E-state index contributed by atoms with van der Waals surface area (Å²) in [6, 6.07) is 0.468. The average Bonchev–Trinajstić information content (AvgIpc) is 2.68. The molecule has 2 atom stereocenters. The van der Waals surface area contributed by atoms with Crippen molar-refractivity contribution in [2.24, 2.45) is 7.05 Å². The minimum absolute atomic E-state index is 0.108. The first-order valence-electron chi connectivity index (χ1n) is 6.97. The van der Waals surface area contributed by atoms with Crippen molar-refractivity contribution in [1.82, 2.24) is 20.4 Å². The van der Waals surface area contributed by atoms with Crippen molar-refractivity contribution >= 4 is 5.91 Å². The van der Waals surface area contributed by atoms with Crippen LogP contribution in [0.2, 0.25) is 0 Å². The van der Waals surface area contributed by atoms with Crippen molar-refractivity contribution in [3.05, 3.63) is 17.5 Å². The molecule has 19 heavy (non-hydrogen) atoms. The summed E-state index contributed by atoms with van der Waals surface area (Å²) in [6.45, 7) is 8.86. The molecular weight excluding hydrogens is 240 g/mol. The van der Waals surface area contributed by atoms with E-state index in [1.54, 1.807) is 0 Å². The molecule has 0 aliphatic rings. The Balaban J connectivity index is 2.33. The average molecular weight is 266 g/mol. The van der Waals surface area contributed by atoms with E-state index in [0.29, 0.717) is 13.0 Å². The van der Waals surface area contributed by atoms with Crippen molar-refractivity contribution < 1.29 is 4.79 Å². The molecule has 2 N–H and O–H groups in total. The standard InChI is InChI=1S/C14H26N4O/c1-6-10(2)16-14(19)7-8-15-11(3)13-9-18(5)17-12(13)4/h9-11,15H,6-8H2,1-5H3,(H,16,19). The second-order valence-corrected chi connectivity index (χ2v) is 5.15. The van der Waals surface area contributed by atoms with Gasteiger partial charge in [0.1, 0.15) is 0 Å². The Morgan fingerprint density at radius 3 is 2.68 bits per heavy atom. The normalized spacial score (nSPS) is 14.2. The Hall–Kier alpha value is -1.36. The maximum Gasteiger partial charge on any atom is 0.221 e. The molecule has 0 radical (unpaired) electrons. The summed E-state index contributed by atoms with van der Waals surface area (Å²) in [5.74, 6) is 0.108. The lowest BCUT2D eigenvalue weighted by Crippen LogP contribution is -2.34. The quantitative estimate of drug-likeness (QED) is 0.789. The van der Waals surface area contributed by atoms with Crippen LogP contribution in [0.5, 0.6) is 0 Å². The molecule has 1 heterocycles. The second-order valence-electron chi connectivity index (χ2n) is 5.15. The molecule has 0 aromatic carbocycles. The summed E-state index contributed by atoms with van der Waals surface area (Å²) in [7, 11) is 1.92. The van der Waals surface area contributed by atoms with Gasteiger partial charge in [0.15, 0.2) is 0 Å². The van der Waals surface area contributed by atoms with Crippen LogP contribution in [0, 0.1) is 6.92 Å². The zero-order valence-electron chi connectivity index (χ0n) is 12.7. The van der Waals surface area contributed by atoms with Crippen LogP contribution in [0.15, 0.2) is 6.20 Å². The molecule has 0 fully saturated rings. The van der Waals surface area contributed by atoms with Gasteiger partial charge in [0, 0.05) is 43.9 Å². The van der Waals surface area contributed by atoms with Gasteiger partial charge in [-0.15, -0.1) is 0 Å². The summed E-state index contributed by atoms with van der Waals surface area (Å²) < 4.78 is 1.82. The third-order valence-electron chi connectivity index (χ3n) is 3.34. The fraction of sp³-hybridized carbons (Fsp3) is 0.714. The predicted molar refractivity (Wildman–Crippen MR) is 76.9 cm³/mol. The highest BCUT2D eigenvalue weighted by Gasteiger charge is 2.12. The maximum absolute atomic E-state index is 11.6. The molecule has 0 aliphatic heterocycles. The number of hydrogen-bond acceptors (Lipinski definition) is 3. The molecule has 1 aromatic rings. The third-order valence-corrected chi connectivity index (χ3v) is 3.34.